The molecule has 2 nitrogen and oxygen atoms in total. The summed E-state index contributed by atoms with van der Waals surface area (Å²) in [7, 11) is 0. The second-order valence-corrected chi connectivity index (χ2v) is 6.69. The Kier molecular flexibility index (Phi) is 5.01. The minimum absolute atomic E-state index is 0.335. The average Bonchev–Trinajstić information content (AvgIpc) is 2.71. The first-order chi connectivity index (χ1) is 9.02. The van der Waals surface area contributed by atoms with Crippen molar-refractivity contribution < 1.29 is 0 Å². The van der Waals surface area contributed by atoms with E-state index in [1.807, 2.05) is 18.2 Å². The monoisotopic (exact) mass is 358 g/mol. The third kappa shape index (κ3) is 3.37. The molecule has 0 fully saturated rings. The number of aromatic nitrogens is 1. The number of benzene rings is 1. The Morgan fingerprint density at radius 3 is 2.84 bits per heavy atom. The van der Waals surface area contributed by atoms with E-state index >= 15 is 0 Å². The van der Waals surface area contributed by atoms with E-state index in [1.54, 1.807) is 11.3 Å². The number of aryl methyl sites for hydroxylation is 1. The van der Waals surface area contributed by atoms with Crippen molar-refractivity contribution in [1.82, 2.24) is 10.3 Å². The van der Waals surface area contributed by atoms with Gasteiger partial charge in [0.05, 0.1) is 5.69 Å². The number of rotatable bonds is 4. The van der Waals surface area contributed by atoms with Crippen LogP contribution in [0.25, 0.3) is 10.6 Å². The highest BCUT2D eigenvalue weighted by Gasteiger charge is 2.16. The van der Waals surface area contributed by atoms with Gasteiger partial charge in [-0.1, -0.05) is 34.5 Å². The van der Waals surface area contributed by atoms with Crippen molar-refractivity contribution in [3.63, 3.8) is 0 Å². The maximum absolute atomic E-state index is 5.98. The maximum Gasteiger partial charge on any atom is 0.125 e. The minimum Gasteiger partial charge on any atom is -0.310 e. The quantitative estimate of drug-likeness (QED) is 0.811. The minimum atomic E-state index is 0.335. The molecule has 2 rings (SSSR count). The van der Waals surface area contributed by atoms with E-state index in [4.69, 9.17) is 11.6 Å². The summed E-state index contributed by atoms with van der Waals surface area (Å²) in [5, 5.41) is 5.18. The molecule has 0 aliphatic heterocycles. The molecule has 0 bridgehead atoms. The van der Waals surface area contributed by atoms with Crippen molar-refractivity contribution in [2.75, 3.05) is 6.54 Å². The van der Waals surface area contributed by atoms with Gasteiger partial charge in [-0.15, -0.1) is 11.3 Å². The van der Waals surface area contributed by atoms with Gasteiger partial charge in [0.2, 0.25) is 0 Å². The summed E-state index contributed by atoms with van der Waals surface area (Å²) in [5.74, 6) is 0. The molecule has 5 heteroatoms. The Morgan fingerprint density at radius 1 is 1.47 bits per heavy atom. The van der Waals surface area contributed by atoms with Crippen LogP contribution in [0.3, 0.4) is 0 Å². The summed E-state index contributed by atoms with van der Waals surface area (Å²) in [5.41, 5.74) is 2.18. The van der Waals surface area contributed by atoms with Crippen molar-refractivity contribution in [3.05, 3.63) is 38.3 Å². The standard InChI is InChI=1S/C14H16BrClN2S/c1-4-17-8(2)13-9(3)18-14(19-13)11-6-5-10(16)7-12(11)15/h5-8,17H,4H2,1-3H3. The number of hydrogen-bond acceptors (Lipinski definition) is 3. The van der Waals surface area contributed by atoms with E-state index in [1.165, 1.54) is 4.88 Å². The molecule has 0 aliphatic rings. The number of nitrogens with one attached hydrogen (secondary N) is 1. The Morgan fingerprint density at radius 2 is 2.21 bits per heavy atom. The number of halogens is 2. The molecule has 1 aromatic heterocycles. The van der Waals surface area contributed by atoms with Crippen molar-refractivity contribution in [2.24, 2.45) is 0 Å². The van der Waals surface area contributed by atoms with Crippen molar-refractivity contribution in [1.29, 1.82) is 0 Å². The molecular weight excluding hydrogens is 344 g/mol. The summed E-state index contributed by atoms with van der Waals surface area (Å²) in [6, 6.07) is 6.14. The van der Waals surface area contributed by atoms with E-state index in [2.05, 4.69) is 47.0 Å². The van der Waals surface area contributed by atoms with Crippen LogP contribution in [0.5, 0.6) is 0 Å². The van der Waals surface area contributed by atoms with Crippen LogP contribution in [0.15, 0.2) is 22.7 Å². The first-order valence-corrected chi connectivity index (χ1v) is 8.17. The highest BCUT2D eigenvalue weighted by molar-refractivity contribution is 9.10. The summed E-state index contributed by atoms with van der Waals surface area (Å²) in [4.78, 5) is 5.97. The summed E-state index contributed by atoms with van der Waals surface area (Å²) >= 11 is 11.3. The largest absolute Gasteiger partial charge is 0.310 e. The SMILES string of the molecule is CCNC(C)c1sc(-c2ccc(Cl)cc2Br)nc1C. The van der Waals surface area contributed by atoms with E-state index in [0.717, 1.165) is 32.3 Å². The van der Waals surface area contributed by atoms with Gasteiger partial charge in [0, 0.05) is 26.0 Å². The zero-order valence-corrected chi connectivity index (χ0v) is 14.3. The lowest BCUT2D eigenvalue weighted by Crippen LogP contribution is -2.17. The van der Waals surface area contributed by atoms with Crippen LogP contribution in [0.1, 0.15) is 30.5 Å². The predicted octanol–water partition coefficient (Wildman–Crippen LogP) is 5.20. The first-order valence-electron chi connectivity index (χ1n) is 6.19. The topological polar surface area (TPSA) is 24.9 Å². The van der Waals surface area contributed by atoms with Crippen LogP contribution in [-0.4, -0.2) is 11.5 Å². The van der Waals surface area contributed by atoms with Gasteiger partial charge in [-0.2, -0.15) is 0 Å². The summed E-state index contributed by atoms with van der Waals surface area (Å²) in [6.45, 7) is 7.31. The second-order valence-electron chi connectivity index (χ2n) is 4.37. The highest BCUT2D eigenvalue weighted by atomic mass is 79.9. The molecule has 2 aromatic rings. The Labute approximate surface area is 131 Å². The van der Waals surface area contributed by atoms with Gasteiger partial charge >= 0.3 is 0 Å². The molecule has 0 aliphatic carbocycles. The van der Waals surface area contributed by atoms with Crippen LogP contribution >= 0.6 is 38.9 Å². The fraction of sp³-hybridized carbons (Fsp3) is 0.357. The lowest BCUT2D eigenvalue weighted by molar-refractivity contribution is 0.603. The number of thiazole rings is 1. The molecule has 0 spiro atoms. The van der Waals surface area contributed by atoms with Gasteiger partial charge in [0.25, 0.3) is 0 Å². The van der Waals surface area contributed by atoms with Gasteiger partial charge in [-0.05, 0) is 38.6 Å². The normalized spacial score (nSPS) is 12.7. The van der Waals surface area contributed by atoms with Crippen LogP contribution < -0.4 is 5.32 Å². The van der Waals surface area contributed by atoms with Gasteiger partial charge in [0.15, 0.2) is 0 Å². The van der Waals surface area contributed by atoms with E-state index in [9.17, 15) is 0 Å². The van der Waals surface area contributed by atoms with Crippen LogP contribution in [-0.2, 0) is 0 Å². The predicted molar refractivity (Wildman–Crippen MR) is 87.1 cm³/mol. The van der Waals surface area contributed by atoms with Crippen molar-refractivity contribution in [2.45, 2.75) is 26.8 Å². The van der Waals surface area contributed by atoms with Gasteiger partial charge in [-0.25, -0.2) is 4.98 Å². The van der Waals surface area contributed by atoms with Crippen molar-refractivity contribution in [3.8, 4) is 10.6 Å². The van der Waals surface area contributed by atoms with Crippen LogP contribution in [0, 0.1) is 6.92 Å². The Balaban J connectivity index is 2.39. The molecule has 102 valence electrons. The highest BCUT2D eigenvalue weighted by Crippen LogP contribution is 2.36. The summed E-state index contributed by atoms with van der Waals surface area (Å²) < 4.78 is 0.983. The van der Waals surface area contributed by atoms with Gasteiger partial charge < -0.3 is 5.32 Å². The van der Waals surface area contributed by atoms with Gasteiger partial charge in [0.1, 0.15) is 5.01 Å². The molecular formula is C14H16BrClN2S. The lowest BCUT2D eigenvalue weighted by Gasteiger charge is -2.09. The zero-order valence-electron chi connectivity index (χ0n) is 11.1. The summed E-state index contributed by atoms with van der Waals surface area (Å²) in [6.07, 6.45) is 0. The fourth-order valence-electron chi connectivity index (χ4n) is 1.99. The Bertz CT molecular complexity index is 583. The van der Waals surface area contributed by atoms with Gasteiger partial charge in [-0.3, -0.25) is 0 Å². The molecule has 1 aromatic carbocycles. The van der Waals surface area contributed by atoms with Crippen LogP contribution in [0.2, 0.25) is 5.02 Å². The van der Waals surface area contributed by atoms with Crippen LogP contribution in [0.4, 0.5) is 0 Å². The molecule has 1 heterocycles. The molecule has 0 amide bonds. The fourth-order valence-corrected chi connectivity index (χ4v) is 4.12. The second kappa shape index (κ2) is 6.35. The number of hydrogen-bond donors (Lipinski definition) is 1. The number of nitrogens with zero attached hydrogens (tertiary/aromatic N) is 1. The molecule has 0 saturated carbocycles. The van der Waals surface area contributed by atoms with Crippen molar-refractivity contribution >= 4 is 38.9 Å². The lowest BCUT2D eigenvalue weighted by atomic mass is 10.2. The first kappa shape index (κ1) is 15.0. The molecule has 1 N–H and O–H groups in total. The Hall–Kier alpha value is -0.420. The molecule has 19 heavy (non-hydrogen) atoms. The smallest absolute Gasteiger partial charge is 0.125 e. The maximum atomic E-state index is 5.98. The molecule has 0 saturated heterocycles. The third-order valence-corrected chi connectivity index (χ3v) is 5.16. The zero-order chi connectivity index (χ0) is 14.0. The molecule has 1 atom stereocenters. The third-order valence-electron chi connectivity index (χ3n) is 2.90. The average molecular weight is 360 g/mol. The van der Waals surface area contributed by atoms with E-state index in [-0.39, 0.29) is 0 Å². The molecule has 1 unspecified atom stereocenters. The van der Waals surface area contributed by atoms with E-state index < -0.39 is 0 Å². The van der Waals surface area contributed by atoms with E-state index in [0.29, 0.717) is 6.04 Å². The molecule has 0 radical (unpaired) electrons.